The monoisotopic (exact) mass is 423 g/mol. The first-order chi connectivity index (χ1) is 14.0. The molecular formula is C22H27F2NO5. The molecule has 0 spiro atoms. The molecule has 0 bridgehead atoms. The van der Waals surface area contributed by atoms with E-state index in [1.54, 1.807) is 45.0 Å². The van der Waals surface area contributed by atoms with E-state index >= 15 is 0 Å². The molecule has 0 aromatic heterocycles. The lowest BCUT2D eigenvalue weighted by Gasteiger charge is -2.26. The molecule has 1 aromatic carbocycles. The standard InChI is InChI=1S/C22H27F2NO5/c1-21(2,3)30-18(27)11-17(26)19(14-9-15-16(10-14)22(15,23)24)25-20(28)29-12-13-7-5-4-6-8-13/h4-8,14-16,19H,9-12H2,1-3H3,(H,25,28)/t14?,15-,16+,19?. The molecule has 1 N–H and O–H groups in total. The van der Waals surface area contributed by atoms with Crippen molar-refractivity contribution < 1.29 is 32.6 Å². The predicted octanol–water partition coefficient (Wildman–Crippen LogP) is 3.87. The second-order valence-corrected chi connectivity index (χ2v) is 9.03. The highest BCUT2D eigenvalue weighted by Gasteiger charge is 2.72. The highest BCUT2D eigenvalue weighted by Crippen LogP contribution is 2.66. The van der Waals surface area contributed by atoms with Crippen LogP contribution in [0.5, 0.6) is 0 Å². The number of hydrogen-bond donors (Lipinski definition) is 1. The van der Waals surface area contributed by atoms with Crippen molar-refractivity contribution in [3.8, 4) is 0 Å². The lowest BCUT2D eigenvalue weighted by molar-refractivity contribution is -0.156. The van der Waals surface area contributed by atoms with Crippen LogP contribution in [0.25, 0.3) is 0 Å². The summed E-state index contributed by atoms with van der Waals surface area (Å²) in [4.78, 5) is 37.1. The minimum absolute atomic E-state index is 0.00758. The average Bonchev–Trinajstić information content (AvgIpc) is 2.98. The molecule has 0 radical (unpaired) electrons. The molecule has 6 nitrogen and oxygen atoms in total. The highest BCUT2D eigenvalue weighted by atomic mass is 19.3. The third-order valence-electron chi connectivity index (χ3n) is 5.52. The first-order valence-electron chi connectivity index (χ1n) is 10.1. The van der Waals surface area contributed by atoms with Crippen LogP contribution in [0, 0.1) is 17.8 Å². The zero-order valence-corrected chi connectivity index (χ0v) is 17.3. The molecule has 2 saturated carbocycles. The number of esters is 1. The molecule has 30 heavy (non-hydrogen) atoms. The second kappa shape index (κ2) is 8.32. The second-order valence-electron chi connectivity index (χ2n) is 9.03. The number of alkyl halides is 2. The van der Waals surface area contributed by atoms with E-state index in [4.69, 9.17) is 9.47 Å². The Balaban J connectivity index is 1.61. The molecule has 0 heterocycles. The van der Waals surface area contributed by atoms with Crippen molar-refractivity contribution in [1.82, 2.24) is 5.32 Å². The third-order valence-corrected chi connectivity index (χ3v) is 5.52. The van der Waals surface area contributed by atoms with Crippen LogP contribution in [0.3, 0.4) is 0 Å². The van der Waals surface area contributed by atoms with Gasteiger partial charge in [0.25, 0.3) is 5.92 Å². The molecule has 8 heteroatoms. The molecule has 2 fully saturated rings. The number of benzene rings is 1. The molecule has 164 valence electrons. The molecular weight excluding hydrogens is 396 g/mol. The van der Waals surface area contributed by atoms with Crippen molar-refractivity contribution in [2.24, 2.45) is 17.8 Å². The number of rotatable bonds is 7. The first kappa shape index (κ1) is 22.2. The Hall–Kier alpha value is -2.51. The Morgan fingerprint density at radius 1 is 1.13 bits per heavy atom. The Bertz CT molecular complexity index is 791. The van der Waals surface area contributed by atoms with Crippen LogP contribution in [0.4, 0.5) is 13.6 Å². The predicted molar refractivity (Wildman–Crippen MR) is 104 cm³/mol. The van der Waals surface area contributed by atoms with Crippen LogP contribution in [-0.4, -0.2) is 35.4 Å². The van der Waals surface area contributed by atoms with Crippen molar-refractivity contribution in [3.05, 3.63) is 35.9 Å². The maximum absolute atomic E-state index is 13.6. The van der Waals surface area contributed by atoms with Crippen molar-refractivity contribution in [2.45, 2.75) is 64.2 Å². The Labute approximate surface area is 174 Å². The fraction of sp³-hybridized carbons (Fsp3) is 0.591. The van der Waals surface area contributed by atoms with E-state index in [2.05, 4.69) is 5.32 Å². The summed E-state index contributed by atoms with van der Waals surface area (Å²) in [6, 6.07) is 7.93. The largest absolute Gasteiger partial charge is 0.460 e. The average molecular weight is 423 g/mol. The van der Waals surface area contributed by atoms with Gasteiger partial charge in [0.15, 0.2) is 5.78 Å². The molecule has 4 atom stereocenters. The van der Waals surface area contributed by atoms with Gasteiger partial charge >= 0.3 is 12.1 Å². The lowest BCUT2D eigenvalue weighted by Crippen LogP contribution is -2.47. The van der Waals surface area contributed by atoms with Crippen LogP contribution < -0.4 is 5.32 Å². The van der Waals surface area contributed by atoms with E-state index in [1.807, 2.05) is 6.07 Å². The minimum Gasteiger partial charge on any atom is -0.460 e. The lowest BCUT2D eigenvalue weighted by atomic mass is 9.90. The number of ketones is 1. The summed E-state index contributed by atoms with van der Waals surface area (Å²) in [6.45, 7) is 5.05. The van der Waals surface area contributed by atoms with E-state index in [-0.39, 0.29) is 19.4 Å². The van der Waals surface area contributed by atoms with E-state index < -0.39 is 59.6 Å². The van der Waals surface area contributed by atoms with Gasteiger partial charge < -0.3 is 14.8 Å². The van der Waals surface area contributed by atoms with Crippen molar-refractivity contribution >= 4 is 17.8 Å². The fourth-order valence-corrected chi connectivity index (χ4v) is 4.11. The fourth-order valence-electron chi connectivity index (χ4n) is 4.11. The number of ether oxygens (including phenoxy) is 2. The molecule has 1 aromatic rings. The smallest absolute Gasteiger partial charge is 0.408 e. The zero-order valence-electron chi connectivity index (χ0n) is 17.3. The molecule has 1 amide bonds. The van der Waals surface area contributed by atoms with Gasteiger partial charge in [-0.3, -0.25) is 9.59 Å². The maximum atomic E-state index is 13.6. The van der Waals surface area contributed by atoms with Crippen LogP contribution in [0.15, 0.2) is 30.3 Å². The van der Waals surface area contributed by atoms with Crippen molar-refractivity contribution in [1.29, 1.82) is 0 Å². The van der Waals surface area contributed by atoms with Gasteiger partial charge in [0, 0.05) is 11.8 Å². The Morgan fingerprint density at radius 3 is 2.30 bits per heavy atom. The number of halogens is 2. The number of alkyl carbamates (subject to hydrolysis) is 1. The molecule has 3 rings (SSSR count). The normalized spacial score (nSPS) is 25.0. The summed E-state index contributed by atoms with van der Waals surface area (Å²) in [7, 11) is 0. The van der Waals surface area contributed by atoms with E-state index in [1.165, 1.54) is 0 Å². The number of carbonyl (C=O) groups is 3. The van der Waals surface area contributed by atoms with Crippen LogP contribution >= 0.6 is 0 Å². The van der Waals surface area contributed by atoms with E-state index in [0.717, 1.165) is 5.56 Å². The summed E-state index contributed by atoms with van der Waals surface area (Å²) in [6.07, 6.45) is -1.11. The molecule has 2 unspecified atom stereocenters. The zero-order chi connectivity index (χ0) is 22.1. The first-order valence-corrected chi connectivity index (χ1v) is 10.1. The van der Waals surface area contributed by atoms with E-state index in [9.17, 15) is 23.2 Å². The van der Waals surface area contributed by atoms with E-state index in [0.29, 0.717) is 0 Å². The summed E-state index contributed by atoms with van der Waals surface area (Å²) in [5.41, 5.74) is 0.0115. The summed E-state index contributed by atoms with van der Waals surface area (Å²) < 4.78 is 37.5. The number of nitrogens with one attached hydrogen (secondary N) is 1. The van der Waals surface area contributed by atoms with Gasteiger partial charge in [0.2, 0.25) is 0 Å². The number of carbonyl (C=O) groups excluding carboxylic acids is 3. The van der Waals surface area contributed by atoms with Gasteiger partial charge in [-0.05, 0) is 45.1 Å². The van der Waals surface area contributed by atoms with Crippen LogP contribution in [0.2, 0.25) is 0 Å². The molecule has 0 aliphatic heterocycles. The topological polar surface area (TPSA) is 81.7 Å². The van der Waals surface area contributed by atoms with Gasteiger partial charge in [0.05, 0.1) is 6.04 Å². The Kier molecular flexibility index (Phi) is 6.15. The molecule has 2 aliphatic rings. The van der Waals surface area contributed by atoms with Gasteiger partial charge in [0.1, 0.15) is 18.6 Å². The van der Waals surface area contributed by atoms with Gasteiger partial charge in [-0.15, -0.1) is 0 Å². The quantitative estimate of drug-likeness (QED) is 0.532. The maximum Gasteiger partial charge on any atom is 0.408 e. The van der Waals surface area contributed by atoms with Gasteiger partial charge in [-0.2, -0.15) is 0 Å². The van der Waals surface area contributed by atoms with Crippen LogP contribution in [0.1, 0.15) is 45.6 Å². The minimum atomic E-state index is -2.69. The Morgan fingerprint density at radius 2 is 1.73 bits per heavy atom. The molecule has 2 aliphatic carbocycles. The SMILES string of the molecule is CC(C)(C)OC(=O)CC(=O)C(NC(=O)OCc1ccccc1)C1C[C@@H]2[C@H](C1)C2(F)F. The number of Topliss-reactive ketones (excluding diaryl/α,β-unsaturated/α-hetero) is 1. The van der Waals surface area contributed by atoms with Gasteiger partial charge in [-0.1, -0.05) is 30.3 Å². The van der Waals surface area contributed by atoms with Gasteiger partial charge in [-0.25, -0.2) is 13.6 Å². The van der Waals surface area contributed by atoms with Crippen molar-refractivity contribution in [2.75, 3.05) is 0 Å². The number of amides is 1. The number of hydrogen-bond acceptors (Lipinski definition) is 5. The summed E-state index contributed by atoms with van der Waals surface area (Å²) in [5.74, 6) is -5.95. The third kappa shape index (κ3) is 5.34. The van der Waals surface area contributed by atoms with Crippen LogP contribution in [-0.2, 0) is 25.7 Å². The number of fused-ring (bicyclic) bond motifs is 1. The molecule has 0 saturated heterocycles. The van der Waals surface area contributed by atoms with Crippen molar-refractivity contribution in [3.63, 3.8) is 0 Å². The highest BCUT2D eigenvalue weighted by molar-refractivity contribution is 6.00. The summed E-state index contributed by atoms with van der Waals surface area (Å²) in [5, 5.41) is 2.50. The summed E-state index contributed by atoms with van der Waals surface area (Å²) >= 11 is 0.